The monoisotopic (exact) mass is 384 g/mol. The summed E-state index contributed by atoms with van der Waals surface area (Å²) in [7, 11) is 0. The van der Waals surface area contributed by atoms with Crippen LogP contribution >= 0.6 is 23.1 Å². The lowest BCUT2D eigenvalue weighted by Crippen LogP contribution is -2.18. The van der Waals surface area contributed by atoms with Crippen molar-refractivity contribution in [3.05, 3.63) is 65.2 Å². The van der Waals surface area contributed by atoms with E-state index in [1.165, 1.54) is 28.7 Å². The van der Waals surface area contributed by atoms with E-state index in [0.29, 0.717) is 9.47 Å². The lowest BCUT2D eigenvalue weighted by atomic mass is 10.1. The summed E-state index contributed by atoms with van der Waals surface area (Å²) in [6.07, 6.45) is 0.933. The van der Waals surface area contributed by atoms with Crippen LogP contribution < -0.4 is 11.1 Å². The number of hydrogen-bond acceptors (Lipinski definition) is 6. The highest BCUT2D eigenvalue weighted by Crippen LogP contribution is 2.38. The minimum absolute atomic E-state index is 0.391. The molecule has 134 valence electrons. The second-order valence-electron chi connectivity index (χ2n) is 5.77. The number of para-hydroxylation sites is 1. The highest BCUT2D eigenvalue weighted by Gasteiger charge is 2.21. The molecule has 1 amide bonds. The number of rotatable bonds is 7. The van der Waals surface area contributed by atoms with Gasteiger partial charge in [0.15, 0.2) is 4.34 Å². The van der Waals surface area contributed by atoms with Gasteiger partial charge in [0.25, 0.3) is 0 Å². The summed E-state index contributed by atoms with van der Waals surface area (Å²) >= 11 is 2.74. The zero-order valence-electron chi connectivity index (χ0n) is 14.6. The average molecular weight is 385 g/mol. The van der Waals surface area contributed by atoms with Gasteiger partial charge in [0.2, 0.25) is 11.0 Å². The molecule has 0 fully saturated rings. The molecule has 1 heterocycles. The van der Waals surface area contributed by atoms with Gasteiger partial charge in [-0.05, 0) is 30.0 Å². The Morgan fingerprint density at radius 1 is 1.19 bits per heavy atom. The molecule has 7 heteroatoms. The van der Waals surface area contributed by atoms with E-state index in [-0.39, 0.29) is 0 Å². The van der Waals surface area contributed by atoms with E-state index in [2.05, 4.69) is 47.6 Å². The first-order valence-corrected chi connectivity index (χ1v) is 9.98. The second-order valence-corrected chi connectivity index (χ2v) is 8.10. The predicted octanol–water partition coefficient (Wildman–Crippen LogP) is 4.47. The van der Waals surface area contributed by atoms with Crippen molar-refractivity contribution in [1.29, 1.82) is 0 Å². The summed E-state index contributed by atoms with van der Waals surface area (Å²) in [6, 6.07) is 15.7. The van der Waals surface area contributed by atoms with E-state index >= 15 is 0 Å². The number of primary amides is 1. The molecule has 0 aliphatic carbocycles. The average Bonchev–Trinajstić information content (AvgIpc) is 3.09. The molecule has 0 radical (unpaired) electrons. The number of aryl methyl sites for hydroxylation is 2. The fourth-order valence-electron chi connectivity index (χ4n) is 2.64. The fourth-order valence-corrected chi connectivity index (χ4v) is 4.53. The van der Waals surface area contributed by atoms with E-state index < -0.39 is 11.2 Å². The Labute approximate surface area is 161 Å². The van der Waals surface area contributed by atoms with Gasteiger partial charge >= 0.3 is 0 Å². The Hall–Kier alpha value is -2.38. The zero-order valence-corrected chi connectivity index (χ0v) is 16.2. The fraction of sp³-hybridized carbons (Fsp3) is 0.211. The molecule has 0 saturated carbocycles. The molecule has 1 unspecified atom stereocenters. The number of nitrogens with two attached hydrogens (primary N) is 1. The van der Waals surface area contributed by atoms with Crippen molar-refractivity contribution in [1.82, 2.24) is 10.2 Å². The molecule has 26 heavy (non-hydrogen) atoms. The first-order valence-electron chi connectivity index (χ1n) is 8.28. The summed E-state index contributed by atoms with van der Waals surface area (Å²) < 4.78 is 0.701. The van der Waals surface area contributed by atoms with E-state index in [4.69, 9.17) is 5.73 Å². The van der Waals surface area contributed by atoms with Crippen LogP contribution in [0, 0.1) is 6.92 Å². The summed E-state index contributed by atoms with van der Waals surface area (Å²) in [4.78, 5) is 11.9. The van der Waals surface area contributed by atoms with Crippen LogP contribution in [0.15, 0.2) is 52.9 Å². The van der Waals surface area contributed by atoms with Crippen LogP contribution in [-0.2, 0) is 11.2 Å². The topological polar surface area (TPSA) is 80.9 Å². The Kier molecular flexibility index (Phi) is 5.90. The van der Waals surface area contributed by atoms with Crippen LogP contribution in [0.25, 0.3) is 0 Å². The normalized spacial score (nSPS) is 11.9. The highest BCUT2D eigenvalue weighted by atomic mass is 32.2. The van der Waals surface area contributed by atoms with Gasteiger partial charge in [0, 0.05) is 5.69 Å². The maximum atomic E-state index is 11.9. The summed E-state index contributed by atoms with van der Waals surface area (Å²) in [5, 5.41) is 12.0. The maximum Gasteiger partial charge on any atom is 0.235 e. The molecule has 0 bridgehead atoms. The number of thioether (sulfide) groups is 1. The third-order valence-electron chi connectivity index (χ3n) is 3.96. The molecule has 3 N–H and O–H groups in total. The molecule has 0 aliphatic heterocycles. The third kappa shape index (κ3) is 4.23. The summed E-state index contributed by atoms with van der Waals surface area (Å²) in [5.74, 6) is -0.391. The Balaban J connectivity index is 1.79. The number of benzene rings is 2. The number of hydrogen-bond donors (Lipinski definition) is 2. The summed E-state index contributed by atoms with van der Waals surface area (Å²) in [5.41, 5.74) is 9.91. The van der Waals surface area contributed by atoms with Crippen molar-refractivity contribution < 1.29 is 4.79 Å². The molecule has 0 aliphatic rings. The number of anilines is 2. The zero-order chi connectivity index (χ0) is 18.5. The maximum absolute atomic E-state index is 11.9. The molecule has 0 spiro atoms. The van der Waals surface area contributed by atoms with Crippen LogP contribution in [0.2, 0.25) is 0 Å². The van der Waals surface area contributed by atoms with Gasteiger partial charge in [0.1, 0.15) is 5.25 Å². The minimum atomic E-state index is -0.485. The van der Waals surface area contributed by atoms with Crippen LogP contribution in [0.1, 0.15) is 28.9 Å². The van der Waals surface area contributed by atoms with Crippen LogP contribution in [0.3, 0.4) is 0 Å². The van der Waals surface area contributed by atoms with Crippen molar-refractivity contribution in [3.63, 3.8) is 0 Å². The third-order valence-corrected chi connectivity index (χ3v) is 6.15. The minimum Gasteiger partial charge on any atom is -0.368 e. The molecule has 0 saturated heterocycles. The first kappa shape index (κ1) is 18.4. The Bertz CT molecular complexity index is 896. The van der Waals surface area contributed by atoms with Gasteiger partial charge < -0.3 is 11.1 Å². The smallest absolute Gasteiger partial charge is 0.235 e. The largest absolute Gasteiger partial charge is 0.368 e. The SMILES string of the molecule is CCc1cccc(C)c1Nc1nnc(SC(C(N)=O)c2ccccc2)s1. The van der Waals surface area contributed by atoms with Gasteiger partial charge in [-0.2, -0.15) is 0 Å². The molecule has 5 nitrogen and oxygen atoms in total. The molecule has 1 aromatic heterocycles. The molecule has 1 atom stereocenters. The van der Waals surface area contributed by atoms with E-state index in [9.17, 15) is 4.79 Å². The highest BCUT2D eigenvalue weighted by molar-refractivity contribution is 8.01. The van der Waals surface area contributed by atoms with Crippen LogP contribution in [0.5, 0.6) is 0 Å². The lowest BCUT2D eigenvalue weighted by molar-refractivity contribution is -0.117. The summed E-state index contributed by atoms with van der Waals surface area (Å²) in [6.45, 7) is 4.19. The molecular weight excluding hydrogens is 364 g/mol. The van der Waals surface area contributed by atoms with Crippen molar-refractivity contribution in [2.24, 2.45) is 5.73 Å². The van der Waals surface area contributed by atoms with Crippen molar-refractivity contribution >= 4 is 39.8 Å². The number of nitrogens with zero attached hydrogens (tertiary/aromatic N) is 2. The van der Waals surface area contributed by atoms with Gasteiger partial charge in [-0.15, -0.1) is 10.2 Å². The first-order chi connectivity index (χ1) is 12.6. The second kappa shape index (κ2) is 8.33. The standard InChI is InChI=1S/C19H20N4OS2/c1-3-13-11-7-8-12(2)15(13)21-18-22-23-19(26-18)25-16(17(20)24)14-9-5-4-6-10-14/h4-11,16H,3H2,1-2H3,(H2,20,24)(H,21,22). The predicted molar refractivity (Wildman–Crippen MR) is 108 cm³/mol. The lowest BCUT2D eigenvalue weighted by Gasteiger charge is -2.11. The van der Waals surface area contributed by atoms with Crippen LogP contribution in [-0.4, -0.2) is 16.1 Å². The van der Waals surface area contributed by atoms with Gasteiger partial charge in [0.05, 0.1) is 0 Å². The number of carbonyl (C=O) groups excluding carboxylic acids is 1. The molecular formula is C19H20N4OS2. The van der Waals surface area contributed by atoms with E-state index in [1.807, 2.05) is 30.3 Å². The van der Waals surface area contributed by atoms with Gasteiger partial charge in [-0.1, -0.05) is 78.6 Å². The quantitative estimate of drug-likeness (QED) is 0.587. The van der Waals surface area contributed by atoms with Crippen molar-refractivity contribution in [2.75, 3.05) is 5.32 Å². The van der Waals surface area contributed by atoms with Crippen molar-refractivity contribution in [3.8, 4) is 0 Å². The Morgan fingerprint density at radius 2 is 1.96 bits per heavy atom. The number of carbonyl (C=O) groups is 1. The van der Waals surface area contributed by atoms with E-state index in [0.717, 1.165) is 23.2 Å². The molecule has 3 aromatic rings. The molecule has 3 rings (SSSR count). The van der Waals surface area contributed by atoms with Gasteiger partial charge in [-0.25, -0.2) is 0 Å². The van der Waals surface area contributed by atoms with E-state index in [1.54, 1.807) is 0 Å². The van der Waals surface area contributed by atoms with Crippen LogP contribution in [0.4, 0.5) is 10.8 Å². The number of aromatic nitrogens is 2. The Morgan fingerprint density at radius 3 is 2.65 bits per heavy atom. The van der Waals surface area contributed by atoms with Crippen molar-refractivity contribution in [2.45, 2.75) is 29.9 Å². The number of amides is 1. The van der Waals surface area contributed by atoms with Gasteiger partial charge in [-0.3, -0.25) is 4.79 Å². The molecule has 2 aromatic carbocycles. The number of nitrogens with one attached hydrogen (secondary N) is 1.